The molecule has 122 valence electrons. The first-order chi connectivity index (χ1) is 9.82. The van der Waals surface area contributed by atoms with E-state index in [9.17, 15) is 13.2 Å². The van der Waals surface area contributed by atoms with Crippen molar-refractivity contribution in [2.75, 3.05) is 25.0 Å². The Morgan fingerprint density at radius 2 is 2.00 bits per heavy atom. The maximum atomic E-state index is 12.7. The van der Waals surface area contributed by atoms with Gasteiger partial charge in [-0.3, -0.25) is 0 Å². The lowest BCUT2D eigenvalue weighted by Gasteiger charge is -2.22. The van der Waals surface area contributed by atoms with Crippen LogP contribution in [0.2, 0.25) is 0 Å². The van der Waals surface area contributed by atoms with E-state index >= 15 is 0 Å². The van der Waals surface area contributed by atoms with Gasteiger partial charge < -0.3 is 10.2 Å². The largest absolute Gasteiger partial charge is 0.406 e. The van der Waals surface area contributed by atoms with Gasteiger partial charge in [0.1, 0.15) is 6.54 Å². The molecule has 0 aromatic carbocycles. The van der Waals surface area contributed by atoms with Gasteiger partial charge in [0.2, 0.25) is 0 Å². The smallest absolute Gasteiger partial charge is 0.339 e. The first-order valence-electron chi connectivity index (χ1n) is 7.28. The van der Waals surface area contributed by atoms with Gasteiger partial charge in [-0.15, -0.1) is 11.3 Å². The fourth-order valence-corrected chi connectivity index (χ4v) is 3.30. The number of hydrogen-bond donors (Lipinski definition) is 1. The second kappa shape index (κ2) is 7.98. The monoisotopic (exact) mass is 323 g/mol. The van der Waals surface area contributed by atoms with Crippen molar-refractivity contribution >= 4 is 16.5 Å². The summed E-state index contributed by atoms with van der Waals surface area (Å²) in [5.74, 6) is 0.257. The Morgan fingerprint density at radius 1 is 1.33 bits per heavy atom. The Labute approximate surface area is 128 Å². The van der Waals surface area contributed by atoms with E-state index in [2.05, 4.69) is 24.1 Å². The molecular weight excluding hydrogens is 299 g/mol. The molecule has 0 radical (unpaired) electrons. The van der Waals surface area contributed by atoms with Crippen molar-refractivity contribution in [3.63, 3.8) is 0 Å². The van der Waals surface area contributed by atoms with Gasteiger partial charge in [0, 0.05) is 18.0 Å². The molecule has 7 heteroatoms. The second-order valence-corrected chi connectivity index (χ2v) is 6.24. The third-order valence-electron chi connectivity index (χ3n) is 3.27. The van der Waals surface area contributed by atoms with Crippen LogP contribution in [0.4, 0.5) is 18.3 Å². The van der Waals surface area contributed by atoms with E-state index in [1.807, 2.05) is 14.0 Å². The first-order valence-corrected chi connectivity index (χ1v) is 8.09. The zero-order valence-corrected chi connectivity index (χ0v) is 13.9. The minimum absolute atomic E-state index is 0.257. The lowest BCUT2D eigenvalue weighted by atomic mass is 10.0. The van der Waals surface area contributed by atoms with Gasteiger partial charge in [-0.25, -0.2) is 4.98 Å². The summed E-state index contributed by atoms with van der Waals surface area (Å²) in [7, 11) is 1.83. The molecule has 3 nitrogen and oxygen atoms in total. The molecule has 1 heterocycles. The average Bonchev–Trinajstić information content (AvgIpc) is 2.80. The highest BCUT2D eigenvalue weighted by Crippen LogP contribution is 2.33. The third-order valence-corrected chi connectivity index (χ3v) is 4.40. The SMILES string of the molecule is CCCN(CC(F)(F)F)c1nc(C(C)CC)c(CNC)s1. The van der Waals surface area contributed by atoms with E-state index in [0.29, 0.717) is 24.6 Å². The van der Waals surface area contributed by atoms with Crippen LogP contribution in [0, 0.1) is 0 Å². The van der Waals surface area contributed by atoms with Crippen molar-refractivity contribution < 1.29 is 13.2 Å². The highest BCUT2D eigenvalue weighted by atomic mass is 32.1. The van der Waals surface area contributed by atoms with Crippen LogP contribution < -0.4 is 10.2 Å². The summed E-state index contributed by atoms with van der Waals surface area (Å²) in [6.45, 7) is 6.07. The maximum absolute atomic E-state index is 12.7. The number of thiazole rings is 1. The molecular formula is C14H24F3N3S. The lowest BCUT2D eigenvalue weighted by molar-refractivity contribution is -0.119. The third kappa shape index (κ3) is 5.47. The van der Waals surface area contributed by atoms with E-state index in [4.69, 9.17) is 0 Å². The van der Waals surface area contributed by atoms with Crippen molar-refractivity contribution in [1.82, 2.24) is 10.3 Å². The minimum Gasteiger partial charge on any atom is -0.339 e. The lowest BCUT2D eigenvalue weighted by Crippen LogP contribution is -2.34. The van der Waals surface area contributed by atoms with Gasteiger partial charge in [-0.05, 0) is 25.8 Å². The number of halogens is 3. The van der Waals surface area contributed by atoms with Crippen LogP contribution in [0.25, 0.3) is 0 Å². The summed E-state index contributed by atoms with van der Waals surface area (Å²) in [6.07, 6.45) is -2.62. The fraction of sp³-hybridized carbons (Fsp3) is 0.786. The van der Waals surface area contributed by atoms with Gasteiger partial charge in [-0.2, -0.15) is 13.2 Å². The van der Waals surface area contributed by atoms with Crippen LogP contribution in [0.5, 0.6) is 0 Å². The number of nitrogens with one attached hydrogen (secondary N) is 1. The molecule has 1 atom stereocenters. The number of nitrogens with zero attached hydrogens (tertiary/aromatic N) is 2. The topological polar surface area (TPSA) is 28.2 Å². The molecule has 0 aliphatic heterocycles. The molecule has 0 saturated heterocycles. The van der Waals surface area contributed by atoms with E-state index < -0.39 is 12.7 Å². The number of aromatic nitrogens is 1. The molecule has 0 bridgehead atoms. The Hall–Kier alpha value is -0.820. The van der Waals surface area contributed by atoms with Crippen LogP contribution in [-0.4, -0.2) is 31.3 Å². The molecule has 1 aromatic rings. The average molecular weight is 323 g/mol. The number of rotatable bonds is 8. The minimum atomic E-state index is -4.21. The molecule has 0 aliphatic carbocycles. The van der Waals surface area contributed by atoms with E-state index in [-0.39, 0.29) is 5.92 Å². The van der Waals surface area contributed by atoms with Gasteiger partial charge in [0.05, 0.1) is 5.69 Å². The van der Waals surface area contributed by atoms with Gasteiger partial charge in [0.25, 0.3) is 0 Å². The van der Waals surface area contributed by atoms with Crippen molar-refractivity contribution in [2.24, 2.45) is 0 Å². The molecule has 21 heavy (non-hydrogen) atoms. The summed E-state index contributed by atoms with van der Waals surface area (Å²) in [4.78, 5) is 6.88. The van der Waals surface area contributed by atoms with Crippen LogP contribution >= 0.6 is 11.3 Å². The van der Waals surface area contributed by atoms with Gasteiger partial charge in [0.15, 0.2) is 5.13 Å². The van der Waals surface area contributed by atoms with Gasteiger partial charge >= 0.3 is 6.18 Å². The molecule has 0 spiro atoms. The quantitative estimate of drug-likeness (QED) is 0.779. The molecule has 1 aromatic heterocycles. The first kappa shape index (κ1) is 18.2. The van der Waals surface area contributed by atoms with Crippen molar-refractivity contribution in [1.29, 1.82) is 0 Å². The molecule has 0 aliphatic rings. The summed E-state index contributed by atoms with van der Waals surface area (Å²) < 4.78 is 38.2. The Balaban J connectivity index is 3.07. The summed E-state index contributed by atoms with van der Waals surface area (Å²) in [5, 5.41) is 3.55. The predicted octanol–water partition coefficient (Wildman–Crippen LogP) is 4.15. The summed E-state index contributed by atoms with van der Waals surface area (Å²) in [5.41, 5.74) is 0.926. The number of hydrogen-bond acceptors (Lipinski definition) is 4. The second-order valence-electron chi connectivity index (χ2n) is 5.18. The van der Waals surface area contributed by atoms with Gasteiger partial charge in [-0.1, -0.05) is 20.8 Å². The molecule has 0 amide bonds. The summed E-state index contributed by atoms with van der Waals surface area (Å²) >= 11 is 1.37. The zero-order valence-electron chi connectivity index (χ0n) is 13.0. The molecule has 1 rings (SSSR count). The normalized spacial score (nSPS) is 13.5. The van der Waals surface area contributed by atoms with Crippen LogP contribution in [0.3, 0.4) is 0 Å². The standard InChI is InChI=1S/C14H24F3N3S/c1-5-7-20(9-14(15,16)17)13-19-12(10(3)6-2)11(21-13)8-18-4/h10,18H,5-9H2,1-4H3. The highest BCUT2D eigenvalue weighted by Gasteiger charge is 2.32. The van der Waals surface area contributed by atoms with Crippen molar-refractivity contribution in [3.8, 4) is 0 Å². The van der Waals surface area contributed by atoms with Crippen LogP contribution in [-0.2, 0) is 6.54 Å². The van der Waals surface area contributed by atoms with E-state index in [1.165, 1.54) is 16.2 Å². The Bertz CT molecular complexity index is 432. The molecule has 0 fully saturated rings. The zero-order chi connectivity index (χ0) is 16.0. The van der Waals surface area contributed by atoms with E-state index in [1.54, 1.807) is 0 Å². The van der Waals surface area contributed by atoms with Crippen molar-refractivity contribution in [2.45, 2.75) is 52.3 Å². The molecule has 1 unspecified atom stereocenters. The highest BCUT2D eigenvalue weighted by molar-refractivity contribution is 7.15. The van der Waals surface area contributed by atoms with E-state index in [0.717, 1.165) is 17.0 Å². The molecule has 0 saturated carbocycles. The summed E-state index contributed by atoms with van der Waals surface area (Å²) in [6, 6.07) is 0. The number of alkyl halides is 3. The van der Waals surface area contributed by atoms with Crippen molar-refractivity contribution in [3.05, 3.63) is 10.6 Å². The van der Waals surface area contributed by atoms with Crippen LogP contribution in [0.15, 0.2) is 0 Å². The predicted molar refractivity (Wildman–Crippen MR) is 82.1 cm³/mol. The number of anilines is 1. The Kier molecular flexibility index (Phi) is 6.93. The Morgan fingerprint density at radius 3 is 2.48 bits per heavy atom. The maximum Gasteiger partial charge on any atom is 0.406 e. The fourth-order valence-electron chi connectivity index (χ4n) is 2.08. The van der Waals surface area contributed by atoms with Crippen LogP contribution in [0.1, 0.15) is 50.1 Å². The molecule has 1 N–H and O–H groups in total.